The summed E-state index contributed by atoms with van der Waals surface area (Å²) in [6.45, 7) is 4.95. The van der Waals surface area contributed by atoms with Crippen LogP contribution in [-0.2, 0) is 18.4 Å². The first-order chi connectivity index (χ1) is 42.5. The molecule has 0 saturated heterocycles. The number of allylic oxidation sites excluding steroid dienone is 4. The van der Waals surface area contributed by atoms with Crippen molar-refractivity contribution >= 4 is 13.7 Å². The van der Waals surface area contributed by atoms with Crippen LogP contribution in [0.3, 0.4) is 0 Å². The van der Waals surface area contributed by atoms with Gasteiger partial charge in [-0.1, -0.05) is 391 Å². The van der Waals surface area contributed by atoms with Crippen LogP contribution in [0.4, 0.5) is 0 Å². The van der Waals surface area contributed by atoms with Crippen LogP contribution in [0.2, 0.25) is 0 Å². The van der Waals surface area contributed by atoms with E-state index in [-0.39, 0.29) is 19.1 Å². The standard InChI is InChI=1S/C78H155N2O6P/c1-6-8-10-12-14-16-18-20-22-24-26-28-30-32-34-36-38-40-42-44-46-48-50-52-54-56-58-60-62-64-66-68-70-72-78(82)79-76(75-86-87(83,84)85-74-73-80(3,4)5)77(81)71-69-67-65-63-61-59-57-55-53-51-49-47-45-43-41-39-37-35-33-31-29-27-25-23-21-19-17-15-13-11-9-7-2/h18,20,24,26,76-77,81H,6-17,19,21-23,25,27-75H2,1-5H3,(H-,79,82,83,84)/p+1/b20-18-,26-24-. The number of carbonyl (C=O) groups is 1. The molecule has 1 amide bonds. The van der Waals surface area contributed by atoms with Crippen LogP contribution < -0.4 is 5.32 Å². The summed E-state index contributed by atoms with van der Waals surface area (Å²) in [6.07, 6.45) is 91.8. The molecule has 0 heterocycles. The maximum absolute atomic E-state index is 13.1. The lowest BCUT2D eigenvalue weighted by molar-refractivity contribution is -0.870. The zero-order chi connectivity index (χ0) is 63.4. The van der Waals surface area contributed by atoms with Crippen molar-refractivity contribution in [3.63, 3.8) is 0 Å². The molecule has 3 atom stereocenters. The number of phosphoric ester groups is 1. The van der Waals surface area contributed by atoms with Crippen LogP contribution in [0.1, 0.15) is 418 Å². The summed E-state index contributed by atoms with van der Waals surface area (Å²) in [6, 6.07) is -0.760. The van der Waals surface area contributed by atoms with Crippen molar-refractivity contribution in [1.29, 1.82) is 0 Å². The van der Waals surface area contributed by atoms with Gasteiger partial charge in [0.15, 0.2) is 0 Å². The van der Waals surface area contributed by atoms with E-state index in [1.807, 2.05) is 21.1 Å². The quantitative estimate of drug-likeness (QED) is 0.0243. The molecule has 0 aromatic carbocycles. The number of aliphatic hydroxyl groups excluding tert-OH is 1. The number of phosphoric acid groups is 1. The lowest BCUT2D eigenvalue weighted by Gasteiger charge is -2.26. The second kappa shape index (κ2) is 69.3. The highest BCUT2D eigenvalue weighted by Crippen LogP contribution is 2.43. The maximum atomic E-state index is 13.1. The van der Waals surface area contributed by atoms with Crippen molar-refractivity contribution in [2.24, 2.45) is 0 Å². The van der Waals surface area contributed by atoms with Gasteiger partial charge < -0.3 is 19.8 Å². The largest absolute Gasteiger partial charge is 0.472 e. The van der Waals surface area contributed by atoms with Gasteiger partial charge in [-0.25, -0.2) is 4.57 Å². The molecule has 0 aromatic heterocycles. The van der Waals surface area contributed by atoms with Crippen molar-refractivity contribution in [3.8, 4) is 0 Å². The Morgan fingerprint density at radius 1 is 0.391 bits per heavy atom. The summed E-state index contributed by atoms with van der Waals surface area (Å²) < 4.78 is 24.0. The Bertz CT molecular complexity index is 1470. The first-order valence-electron chi connectivity index (χ1n) is 39.2. The number of hydrogen-bond acceptors (Lipinski definition) is 5. The molecule has 3 N–H and O–H groups in total. The van der Waals surface area contributed by atoms with Crippen molar-refractivity contribution in [2.75, 3.05) is 40.9 Å². The van der Waals surface area contributed by atoms with Gasteiger partial charge in [-0.2, -0.15) is 0 Å². The van der Waals surface area contributed by atoms with E-state index in [9.17, 15) is 19.4 Å². The number of quaternary nitrogens is 1. The molecule has 9 heteroatoms. The molecule has 0 fully saturated rings. The molecule has 0 aliphatic carbocycles. The van der Waals surface area contributed by atoms with Gasteiger partial charge in [0.05, 0.1) is 39.9 Å². The summed E-state index contributed by atoms with van der Waals surface area (Å²) in [7, 11) is 1.64. The highest BCUT2D eigenvalue weighted by atomic mass is 31.2. The molecule has 0 aliphatic rings. The molecule has 0 bridgehead atoms. The zero-order valence-corrected chi connectivity index (χ0v) is 60.4. The maximum Gasteiger partial charge on any atom is 0.472 e. The van der Waals surface area contributed by atoms with Crippen molar-refractivity contribution in [1.82, 2.24) is 5.32 Å². The number of amides is 1. The normalized spacial score (nSPS) is 13.6. The third kappa shape index (κ3) is 72.3. The minimum atomic E-state index is -4.33. The van der Waals surface area contributed by atoms with E-state index in [1.54, 1.807) is 0 Å². The molecule has 87 heavy (non-hydrogen) atoms. The summed E-state index contributed by atoms with van der Waals surface area (Å²) in [5.41, 5.74) is 0. The molecule has 8 nitrogen and oxygen atoms in total. The highest BCUT2D eigenvalue weighted by Gasteiger charge is 2.28. The smallest absolute Gasteiger partial charge is 0.391 e. The van der Waals surface area contributed by atoms with Gasteiger partial charge in [-0.05, 0) is 44.9 Å². The fourth-order valence-corrected chi connectivity index (χ4v) is 13.1. The summed E-state index contributed by atoms with van der Waals surface area (Å²) in [5.74, 6) is -0.134. The number of aliphatic hydroxyl groups is 1. The minimum Gasteiger partial charge on any atom is -0.391 e. The van der Waals surface area contributed by atoms with Crippen molar-refractivity contribution in [2.45, 2.75) is 431 Å². The van der Waals surface area contributed by atoms with Gasteiger partial charge in [0.1, 0.15) is 13.2 Å². The Kier molecular flexibility index (Phi) is 68.5. The molecule has 0 rings (SSSR count). The van der Waals surface area contributed by atoms with E-state index in [1.165, 1.54) is 347 Å². The minimum absolute atomic E-state index is 0.0779. The van der Waals surface area contributed by atoms with Gasteiger partial charge >= 0.3 is 7.82 Å². The van der Waals surface area contributed by atoms with Crippen LogP contribution in [0.25, 0.3) is 0 Å². The first-order valence-corrected chi connectivity index (χ1v) is 40.7. The molecule has 0 radical (unpaired) electrons. The topological polar surface area (TPSA) is 105 Å². The summed E-state index contributed by atoms with van der Waals surface area (Å²) in [5, 5.41) is 14.2. The Labute approximate surface area is 545 Å². The van der Waals surface area contributed by atoms with Gasteiger partial charge in [0.25, 0.3) is 0 Å². The number of unbranched alkanes of at least 4 members (excludes halogenated alkanes) is 57. The Hall–Kier alpha value is -1.02. The third-order valence-corrected chi connectivity index (χ3v) is 19.4. The molecule has 3 unspecified atom stereocenters. The van der Waals surface area contributed by atoms with E-state index < -0.39 is 20.0 Å². The van der Waals surface area contributed by atoms with E-state index in [2.05, 4.69) is 43.5 Å². The van der Waals surface area contributed by atoms with Crippen LogP contribution >= 0.6 is 7.82 Å². The van der Waals surface area contributed by atoms with E-state index in [0.717, 1.165) is 44.9 Å². The molecule has 0 spiro atoms. The number of rotatable bonds is 74. The van der Waals surface area contributed by atoms with Crippen LogP contribution in [0, 0.1) is 0 Å². The van der Waals surface area contributed by atoms with Gasteiger partial charge in [-0.3, -0.25) is 13.8 Å². The fraction of sp³-hybridized carbons (Fsp3) is 0.936. The molecular weight excluding hydrogens is 1090 g/mol. The SMILES string of the molecule is CCCCCCC/C=C\C/C=C\CCCCCCCCCCCCCCCCCCCCCCCC(=O)NC(COP(=O)(O)OCC[N+](C)(C)C)C(O)CCCCCCCCCCCCCCCCCCCCCCCCCCCCCCCCCC. The lowest BCUT2D eigenvalue weighted by Crippen LogP contribution is -2.46. The zero-order valence-electron chi connectivity index (χ0n) is 59.6. The van der Waals surface area contributed by atoms with Gasteiger partial charge in [-0.15, -0.1) is 0 Å². The van der Waals surface area contributed by atoms with Crippen LogP contribution in [-0.4, -0.2) is 73.4 Å². The average Bonchev–Trinajstić information content (AvgIpc) is 3.71. The van der Waals surface area contributed by atoms with E-state index in [4.69, 9.17) is 9.05 Å². The molecule has 0 aromatic rings. The van der Waals surface area contributed by atoms with Gasteiger partial charge in [0.2, 0.25) is 5.91 Å². The van der Waals surface area contributed by atoms with Crippen molar-refractivity contribution in [3.05, 3.63) is 24.3 Å². The average molecular weight is 1250 g/mol. The second-order valence-electron chi connectivity index (χ2n) is 28.4. The number of hydrogen-bond donors (Lipinski definition) is 3. The molecule has 0 saturated carbocycles. The predicted molar refractivity (Wildman–Crippen MR) is 383 cm³/mol. The first kappa shape index (κ1) is 86.0. The Morgan fingerprint density at radius 3 is 0.943 bits per heavy atom. The fourth-order valence-electron chi connectivity index (χ4n) is 12.4. The van der Waals surface area contributed by atoms with E-state index >= 15 is 0 Å². The number of likely N-dealkylation sites (N-methyl/N-ethyl adjacent to an activating group) is 1. The van der Waals surface area contributed by atoms with Crippen LogP contribution in [0.15, 0.2) is 24.3 Å². The predicted octanol–water partition coefficient (Wildman–Crippen LogP) is 25.4. The summed E-state index contributed by atoms with van der Waals surface area (Å²) >= 11 is 0. The Morgan fingerprint density at radius 2 is 0.655 bits per heavy atom. The third-order valence-electron chi connectivity index (χ3n) is 18.5. The lowest BCUT2D eigenvalue weighted by atomic mass is 10.0. The van der Waals surface area contributed by atoms with Crippen molar-refractivity contribution < 1.29 is 32.9 Å². The van der Waals surface area contributed by atoms with Crippen LogP contribution in [0.5, 0.6) is 0 Å². The molecule has 0 aliphatic heterocycles. The summed E-state index contributed by atoms with van der Waals surface area (Å²) in [4.78, 5) is 23.5. The number of nitrogens with one attached hydrogen (secondary N) is 1. The monoisotopic (exact) mass is 1250 g/mol. The second-order valence-corrected chi connectivity index (χ2v) is 29.9. The molecular formula is C78H156N2O6P+. The highest BCUT2D eigenvalue weighted by molar-refractivity contribution is 7.47. The van der Waals surface area contributed by atoms with E-state index in [0.29, 0.717) is 23.9 Å². The number of nitrogens with zero attached hydrogens (tertiary/aromatic N) is 1. The molecule has 518 valence electrons. The Balaban J connectivity index is 3.93. The number of carbonyl (C=O) groups excluding carboxylic acids is 1. The van der Waals surface area contributed by atoms with Gasteiger partial charge in [0, 0.05) is 6.42 Å².